The number of ether oxygens (including phenoxy) is 1. The first-order valence-corrected chi connectivity index (χ1v) is 5.34. The molecule has 1 rings (SSSR count). The number of hydrogen-bond acceptors (Lipinski definition) is 5. The van der Waals surface area contributed by atoms with Crippen LogP contribution >= 0.6 is 15.9 Å². The van der Waals surface area contributed by atoms with Crippen LogP contribution in [0.1, 0.15) is 17.8 Å². The predicted octanol–water partition coefficient (Wildman–Crippen LogP) is 2.41. The second-order valence-electron chi connectivity index (χ2n) is 3.14. The number of aromatic nitrogens is 1. The van der Waals surface area contributed by atoms with E-state index in [4.69, 9.17) is 0 Å². The fraction of sp³-hybridized carbons (Fsp3) is 0.333. The molecule has 0 aliphatic rings. The van der Waals surface area contributed by atoms with E-state index in [9.17, 15) is 23.7 Å². The molecule has 0 aliphatic heterocycles. The van der Waals surface area contributed by atoms with Crippen molar-refractivity contribution in [1.29, 1.82) is 0 Å². The highest BCUT2D eigenvalue weighted by atomic mass is 79.9. The fourth-order valence-electron chi connectivity index (χ4n) is 1.16. The van der Waals surface area contributed by atoms with Gasteiger partial charge >= 0.3 is 5.97 Å². The summed E-state index contributed by atoms with van der Waals surface area (Å²) in [6, 6.07) is 0.662. The van der Waals surface area contributed by atoms with Crippen LogP contribution in [0, 0.1) is 10.1 Å². The third-order valence-electron chi connectivity index (χ3n) is 1.99. The molecular formula is C9H7BrF2N2O4. The van der Waals surface area contributed by atoms with Gasteiger partial charge in [-0.15, -0.1) is 0 Å². The van der Waals surface area contributed by atoms with Gasteiger partial charge in [0.15, 0.2) is 0 Å². The molecular weight excluding hydrogens is 318 g/mol. The monoisotopic (exact) mass is 324 g/mol. The van der Waals surface area contributed by atoms with Gasteiger partial charge in [-0.1, -0.05) is 0 Å². The maximum atomic E-state index is 12.5. The van der Waals surface area contributed by atoms with Gasteiger partial charge in [0.2, 0.25) is 0 Å². The van der Waals surface area contributed by atoms with Crippen LogP contribution < -0.4 is 0 Å². The minimum atomic E-state index is -2.96. The van der Waals surface area contributed by atoms with E-state index in [1.54, 1.807) is 0 Å². The van der Waals surface area contributed by atoms with Gasteiger partial charge in [0.1, 0.15) is 10.2 Å². The number of carbonyl (C=O) groups is 1. The van der Waals surface area contributed by atoms with Crippen LogP contribution in [0.3, 0.4) is 0 Å². The van der Waals surface area contributed by atoms with Gasteiger partial charge in [0.05, 0.1) is 24.1 Å². The zero-order valence-electron chi connectivity index (χ0n) is 9.02. The quantitative estimate of drug-likeness (QED) is 0.482. The number of nitrogens with zero attached hydrogens (tertiary/aromatic N) is 2. The van der Waals surface area contributed by atoms with Crippen molar-refractivity contribution in [2.75, 3.05) is 7.11 Å². The molecule has 1 aromatic heterocycles. The Bertz CT molecular complexity index is 496. The van der Waals surface area contributed by atoms with E-state index in [1.165, 1.54) is 0 Å². The fourth-order valence-corrected chi connectivity index (χ4v) is 1.65. The summed E-state index contributed by atoms with van der Waals surface area (Å²) in [6.07, 6.45) is -3.40. The highest BCUT2D eigenvalue weighted by Gasteiger charge is 2.24. The Balaban J connectivity index is 3.31. The maximum Gasteiger partial charge on any atom is 0.311 e. The molecule has 0 saturated heterocycles. The second-order valence-corrected chi connectivity index (χ2v) is 3.93. The van der Waals surface area contributed by atoms with Crippen LogP contribution in [0.2, 0.25) is 0 Å². The topological polar surface area (TPSA) is 82.3 Å². The third kappa shape index (κ3) is 3.19. The van der Waals surface area contributed by atoms with E-state index >= 15 is 0 Å². The van der Waals surface area contributed by atoms with Crippen LogP contribution in [-0.4, -0.2) is 23.0 Å². The largest absolute Gasteiger partial charge is 0.469 e. The molecule has 1 heterocycles. The lowest BCUT2D eigenvalue weighted by molar-refractivity contribution is -0.385. The molecule has 18 heavy (non-hydrogen) atoms. The molecule has 0 N–H and O–H groups in total. The van der Waals surface area contributed by atoms with E-state index in [0.29, 0.717) is 6.07 Å². The minimum Gasteiger partial charge on any atom is -0.469 e. The molecule has 0 spiro atoms. The lowest BCUT2D eigenvalue weighted by Crippen LogP contribution is -2.09. The smallest absolute Gasteiger partial charge is 0.311 e. The number of methoxy groups -OCH3 is 1. The second kappa shape index (κ2) is 5.80. The van der Waals surface area contributed by atoms with Crippen LogP contribution in [-0.2, 0) is 16.0 Å². The van der Waals surface area contributed by atoms with E-state index in [2.05, 4.69) is 25.7 Å². The average Bonchev–Trinajstić information content (AvgIpc) is 2.30. The molecule has 0 aromatic carbocycles. The van der Waals surface area contributed by atoms with Gasteiger partial charge in [-0.05, 0) is 15.9 Å². The Morgan fingerprint density at radius 2 is 2.28 bits per heavy atom. The number of hydrogen-bond donors (Lipinski definition) is 0. The molecule has 98 valence electrons. The molecule has 1 aromatic rings. The highest BCUT2D eigenvalue weighted by molar-refractivity contribution is 9.10. The van der Waals surface area contributed by atoms with Gasteiger partial charge in [-0.2, -0.15) is 0 Å². The first-order chi connectivity index (χ1) is 8.36. The van der Waals surface area contributed by atoms with Crippen molar-refractivity contribution >= 4 is 27.6 Å². The van der Waals surface area contributed by atoms with Crippen LogP contribution in [0.4, 0.5) is 14.5 Å². The summed E-state index contributed by atoms with van der Waals surface area (Å²) in [5.74, 6) is -0.732. The molecule has 6 nitrogen and oxygen atoms in total. The molecule has 0 fully saturated rings. The van der Waals surface area contributed by atoms with Crippen molar-refractivity contribution in [3.63, 3.8) is 0 Å². The van der Waals surface area contributed by atoms with Crippen molar-refractivity contribution < 1.29 is 23.2 Å². The molecule has 0 unspecified atom stereocenters. The van der Waals surface area contributed by atoms with Crippen LogP contribution in [0.15, 0.2) is 10.5 Å². The van der Waals surface area contributed by atoms with Crippen molar-refractivity contribution in [3.05, 3.63) is 32.0 Å². The summed E-state index contributed by atoms with van der Waals surface area (Å²) < 4.78 is 29.3. The molecule has 0 amide bonds. The zero-order valence-corrected chi connectivity index (χ0v) is 10.6. The lowest BCUT2D eigenvalue weighted by Gasteiger charge is -2.06. The Morgan fingerprint density at radius 3 is 2.72 bits per heavy atom. The Hall–Kier alpha value is -1.64. The van der Waals surface area contributed by atoms with E-state index < -0.39 is 35.1 Å². The number of nitro groups is 1. The molecule has 9 heteroatoms. The Morgan fingerprint density at radius 1 is 1.67 bits per heavy atom. The number of halogens is 3. The molecule has 0 radical (unpaired) electrons. The highest BCUT2D eigenvalue weighted by Crippen LogP contribution is 2.31. The minimum absolute atomic E-state index is 0.109. The van der Waals surface area contributed by atoms with Gasteiger partial charge in [0, 0.05) is 6.07 Å². The average molecular weight is 325 g/mol. The van der Waals surface area contributed by atoms with Crippen molar-refractivity contribution in [2.45, 2.75) is 12.8 Å². The number of pyridine rings is 1. The maximum absolute atomic E-state index is 12.5. The molecule has 0 bridgehead atoms. The number of rotatable bonds is 4. The van der Waals surface area contributed by atoms with E-state index in [0.717, 1.165) is 7.11 Å². The van der Waals surface area contributed by atoms with Crippen LogP contribution in [0.5, 0.6) is 0 Å². The van der Waals surface area contributed by atoms with E-state index in [-0.39, 0.29) is 10.2 Å². The van der Waals surface area contributed by atoms with Crippen molar-refractivity contribution in [1.82, 2.24) is 4.98 Å². The summed E-state index contributed by atoms with van der Waals surface area (Å²) in [5, 5.41) is 10.7. The third-order valence-corrected chi connectivity index (χ3v) is 2.85. The normalized spacial score (nSPS) is 10.5. The number of alkyl halides is 2. The molecule has 0 atom stereocenters. The van der Waals surface area contributed by atoms with Crippen molar-refractivity contribution in [3.8, 4) is 0 Å². The zero-order chi connectivity index (χ0) is 13.9. The Labute approximate surface area is 108 Å². The lowest BCUT2D eigenvalue weighted by atomic mass is 10.2. The van der Waals surface area contributed by atoms with Gasteiger partial charge in [-0.25, -0.2) is 13.8 Å². The summed E-state index contributed by atoms with van der Waals surface area (Å²) in [7, 11) is 1.11. The first kappa shape index (κ1) is 14.4. The predicted molar refractivity (Wildman–Crippen MR) is 59.3 cm³/mol. The molecule has 0 saturated carbocycles. The number of esters is 1. The summed E-state index contributed by atoms with van der Waals surface area (Å²) in [5.41, 5.74) is -1.49. The summed E-state index contributed by atoms with van der Waals surface area (Å²) in [4.78, 5) is 24.4. The summed E-state index contributed by atoms with van der Waals surface area (Å²) >= 11 is 2.87. The number of carbonyl (C=O) groups excluding carboxylic acids is 1. The summed E-state index contributed by atoms with van der Waals surface area (Å²) in [6.45, 7) is 0. The SMILES string of the molecule is COC(=O)Cc1nc(C(F)F)cc([N+](=O)[O-])c1Br. The van der Waals surface area contributed by atoms with Gasteiger partial charge in [-0.3, -0.25) is 14.9 Å². The standard InChI is InChI=1S/C9H7BrF2N2O4/c1-18-7(15)3-4-8(10)6(14(16)17)2-5(13-4)9(11)12/h2,9H,3H2,1H3. The van der Waals surface area contributed by atoms with Gasteiger partial charge < -0.3 is 4.74 Å². The Kier molecular flexibility index (Phi) is 4.65. The van der Waals surface area contributed by atoms with Crippen molar-refractivity contribution in [2.24, 2.45) is 0 Å². The van der Waals surface area contributed by atoms with Crippen LogP contribution in [0.25, 0.3) is 0 Å². The molecule has 0 aliphatic carbocycles. The first-order valence-electron chi connectivity index (χ1n) is 4.55. The van der Waals surface area contributed by atoms with E-state index in [1.807, 2.05) is 0 Å². The van der Waals surface area contributed by atoms with Gasteiger partial charge in [0.25, 0.3) is 12.1 Å².